The van der Waals surface area contributed by atoms with Gasteiger partial charge in [0.1, 0.15) is 17.0 Å². The number of anilines is 1. The third-order valence-corrected chi connectivity index (χ3v) is 4.62. The lowest BCUT2D eigenvalue weighted by molar-refractivity contribution is 0.214. The Morgan fingerprint density at radius 1 is 1.14 bits per heavy atom. The summed E-state index contributed by atoms with van der Waals surface area (Å²) in [5, 5.41) is 2.45. The normalized spacial score (nSPS) is 17.5. The van der Waals surface area contributed by atoms with Crippen LogP contribution in [-0.2, 0) is 0 Å². The van der Waals surface area contributed by atoms with Gasteiger partial charge in [0.05, 0.1) is 0 Å². The SMILES string of the molecule is O=C(Nc1cccc(F)c1)N1CCS[C@H]1c1cccc(F)c1. The molecule has 3 rings (SSSR count). The van der Waals surface area contributed by atoms with E-state index in [9.17, 15) is 13.6 Å². The maximum atomic E-state index is 13.4. The monoisotopic (exact) mass is 320 g/mol. The first-order chi connectivity index (χ1) is 10.6. The van der Waals surface area contributed by atoms with Gasteiger partial charge < -0.3 is 10.2 Å². The summed E-state index contributed by atoms with van der Waals surface area (Å²) in [6.45, 7) is 0.562. The molecule has 0 bridgehead atoms. The topological polar surface area (TPSA) is 32.3 Å². The van der Waals surface area contributed by atoms with Crippen LogP contribution in [0.4, 0.5) is 19.3 Å². The summed E-state index contributed by atoms with van der Waals surface area (Å²) in [7, 11) is 0. The second-order valence-electron chi connectivity index (χ2n) is 4.91. The first-order valence-electron chi connectivity index (χ1n) is 6.84. The molecule has 0 saturated carbocycles. The molecule has 2 aromatic carbocycles. The van der Waals surface area contributed by atoms with Crippen molar-refractivity contribution in [3.05, 3.63) is 65.7 Å². The van der Waals surface area contributed by atoms with Crippen molar-refractivity contribution in [1.29, 1.82) is 0 Å². The highest BCUT2D eigenvalue weighted by Crippen LogP contribution is 2.38. The van der Waals surface area contributed by atoms with Crippen molar-refractivity contribution in [3.63, 3.8) is 0 Å². The molecule has 3 nitrogen and oxygen atoms in total. The molecule has 1 atom stereocenters. The average molecular weight is 320 g/mol. The second-order valence-corrected chi connectivity index (χ2v) is 6.10. The van der Waals surface area contributed by atoms with E-state index in [4.69, 9.17) is 0 Å². The fourth-order valence-electron chi connectivity index (χ4n) is 2.38. The summed E-state index contributed by atoms with van der Waals surface area (Å²) in [6.07, 6.45) is 0. The van der Waals surface area contributed by atoms with Crippen molar-refractivity contribution >= 4 is 23.5 Å². The van der Waals surface area contributed by atoms with Crippen LogP contribution in [0.2, 0.25) is 0 Å². The van der Waals surface area contributed by atoms with Crippen molar-refractivity contribution in [2.24, 2.45) is 0 Å². The van der Waals surface area contributed by atoms with E-state index in [-0.39, 0.29) is 17.2 Å². The number of hydrogen-bond acceptors (Lipinski definition) is 2. The minimum Gasteiger partial charge on any atom is -0.308 e. The third kappa shape index (κ3) is 3.22. The summed E-state index contributed by atoms with van der Waals surface area (Å²) in [5.41, 5.74) is 1.15. The molecule has 1 fully saturated rings. The number of carbonyl (C=O) groups excluding carboxylic acids is 1. The number of nitrogens with one attached hydrogen (secondary N) is 1. The molecule has 0 radical (unpaired) electrons. The van der Waals surface area contributed by atoms with Crippen LogP contribution >= 0.6 is 11.8 Å². The van der Waals surface area contributed by atoms with E-state index in [1.807, 2.05) is 0 Å². The number of carbonyl (C=O) groups is 1. The number of rotatable bonds is 2. The molecule has 1 aliphatic heterocycles. The van der Waals surface area contributed by atoms with E-state index < -0.39 is 5.82 Å². The van der Waals surface area contributed by atoms with E-state index in [0.717, 1.165) is 11.3 Å². The van der Waals surface area contributed by atoms with Gasteiger partial charge in [0.2, 0.25) is 0 Å². The van der Waals surface area contributed by atoms with E-state index in [0.29, 0.717) is 12.2 Å². The lowest BCUT2D eigenvalue weighted by atomic mass is 10.2. The summed E-state index contributed by atoms with van der Waals surface area (Å²) in [6, 6.07) is 11.7. The van der Waals surface area contributed by atoms with Gasteiger partial charge in [-0.1, -0.05) is 18.2 Å². The third-order valence-electron chi connectivity index (χ3n) is 3.36. The van der Waals surface area contributed by atoms with Gasteiger partial charge in [0.15, 0.2) is 0 Å². The standard InChI is InChI=1S/C16H14F2N2OS/c17-12-4-1-3-11(9-12)15-20(7-8-22-15)16(21)19-14-6-2-5-13(18)10-14/h1-6,9-10,15H,7-8H2,(H,19,21)/t15-/m0/s1. The molecular weight excluding hydrogens is 306 g/mol. The Kier molecular flexibility index (Phi) is 4.29. The molecule has 1 aliphatic rings. The first kappa shape index (κ1) is 14.8. The van der Waals surface area contributed by atoms with Crippen LogP contribution in [0.25, 0.3) is 0 Å². The molecule has 0 spiro atoms. The Labute approximate surface area is 131 Å². The predicted octanol–water partition coefficient (Wildman–Crippen LogP) is 4.24. The van der Waals surface area contributed by atoms with Crippen LogP contribution in [0, 0.1) is 11.6 Å². The fourth-order valence-corrected chi connectivity index (χ4v) is 3.62. The Hall–Kier alpha value is -2.08. The van der Waals surface area contributed by atoms with E-state index in [1.54, 1.807) is 34.9 Å². The number of amides is 2. The van der Waals surface area contributed by atoms with Crippen molar-refractivity contribution in [2.45, 2.75) is 5.37 Å². The Bertz CT molecular complexity index is 695. The predicted molar refractivity (Wildman–Crippen MR) is 83.7 cm³/mol. The van der Waals surface area contributed by atoms with E-state index >= 15 is 0 Å². The number of hydrogen-bond donors (Lipinski definition) is 1. The summed E-state index contributed by atoms with van der Waals surface area (Å²) >= 11 is 1.58. The first-order valence-corrected chi connectivity index (χ1v) is 7.88. The Morgan fingerprint density at radius 2 is 1.86 bits per heavy atom. The second kappa shape index (κ2) is 6.36. The lowest BCUT2D eigenvalue weighted by Gasteiger charge is -2.24. The van der Waals surface area contributed by atoms with Crippen LogP contribution in [0.5, 0.6) is 0 Å². The summed E-state index contributed by atoms with van der Waals surface area (Å²) in [5.74, 6) is 0.0448. The molecule has 0 unspecified atom stereocenters. The highest BCUT2D eigenvalue weighted by Gasteiger charge is 2.30. The van der Waals surface area contributed by atoms with Crippen LogP contribution in [-0.4, -0.2) is 23.2 Å². The van der Waals surface area contributed by atoms with Crippen molar-refractivity contribution in [2.75, 3.05) is 17.6 Å². The van der Waals surface area contributed by atoms with Gasteiger partial charge in [-0.2, -0.15) is 0 Å². The fraction of sp³-hybridized carbons (Fsp3) is 0.188. The minimum atomic E-state index is -0.407. The van der Waals surface area contributed by atoms with Gasteiger partial charge in [-0.3, -0.25) is 0 Å². The number of benzene rings is 2. The van der Waals surface area contributed by atoms with Crippen molar-refractivity contribution < 1.29 is 13.6 Å². The Morgan fingerprint density at radius 3 is 2.59 bits per heavy atom. The quantitative estimate of drug-likeness (QED) is 0.897. The molecule has 1 saturated heterocycles. The molecule has 6 heteroatoms. The van der Waals surface area contributed by atoms with E-state index in [2.05, 4.69) is 5.32 Å². The zero-order valence-corrected chi connectivity index (χ0v) is 12.4. The van der Waals surface area contributed by atoms with E-state index in [1.165, 1.54) is 30.3 Å². The molecule has 114 valence electrons. The summed E-state index contributed by atoms with van der Waals surface area (Å²) in [4.78, 5) is 14.0. The van der Waals surface area contributed by atoms with Crippen LogP contribution in [0.15, 0.2) is 48.5 Å². The van der Waals surface area contributed by atoms with Crippen molar-refractivity contribution in [3.8, 4) is 0 Å². The maximum Gasteiger partial charge on any atom is 0.323 e. The van der Waals surface area contributed by atoms with Gasteiger partial charge in [0.25, 0.3) is 0 Å². The summed E-state index contributed by atoms with van der Waals surface area (Å²) < 4.78 is 26.5. The van der Waals surface area contributed by atoms with Crippen molar-refractivity contribution in [1.82, 2.24) is 4.90 Å². The number of thioether (sulfide) groups is 1. The zero-order valence-electron chi connectivity index (χ0n) is 11.6. The number of nitrogens with zero attached hydrogens (tertiary/aromatic N) is 1. The molecule has 2 amide bonds. The van der Waals surface area contributed by atoms with Crippen LogP contribution in [0.3, 0.4) is 0 Å². The van der Waals surface area contributed by atoms with Crippen LogP contribution in [0.1, 0.15) is 10.9 Å². The van der Waals surface area contributed by atoms with Crippen LogP contribution < -0.4 is 5.32 Å². The highest BCUT2D eigenvalue weighted by atomic mass is 32.2. The smallest absolute Gasteiger partial charge is 0.308 e. The zero-order chi connectivity index (χ0) is 15.5. The van der Waals surface area contributed by atoms with Gasteiger partial charge in [-0.15, -0.1) is 11.8 Å². The van der Waals surface area contributed by atoms with Gasteiger partial charge in [-0.05, 0) is 35.9 Å². The minimum absolute atomic E-state index is 0.232. The molecule has 22 heavy (non-hydrogen) atoms. The Balaban J connectivity index is 1.76. The molecule has 2 aromatic rings. The molecule has 1 N–H and O–H groups in total. The van der Waals surface area contributed by atoms with Gasteiger partial charge in [0, 0.05) is 18.0 Å². The number of urea groups is 1. The number of halogens is 2. The highest BCUT2D eigenvalue weighted by molar-refractivity contribution is 7.99. The lowest BCUT2D eigenvalue weighted by Crippen LogP contribution is -2.34. The van der Waals surface area contributed by atoms with Gasteiger partial charge in [-0.25, -0.2) is 13.6 Å². The largest absolute Gasteiger partial charge is 0.323 e. The average Bonchev–Trinajstić information content (AvgIpc) is 2.97. The molecule has 0 aromatic heterocycles. The molecule has 0 aliphatic carbocycles. The van der Waals surface area contributed by atoms with Gasteiger partial charge >= 0.3 is 6.03 Å². The maximum absolute atomic E-state index is 13.4. The molecule has 1 heterocycles. The molecular formula is C16H14F2N2OS.